The number of hydrogen-bond acceptors (Lipinski definition) is 2. The van der Waals surface area contributed by atoms with E-state index in [4.69, 9.17) is 0 Å². The number of Topliss-reactive ketones (excluding diaryl/α,β-unsaturated/α-hetero) is 1. The van der Waals surface area contributed by atoms with E-state index in [-0.39, 0.29) is 17.9 Å². The van der Waals surface area contributed by atoms with Crippen LogP contribution in [0.4, 0.5) is 0 Å². The molecule has 1 aliphatic rings. The van der Waals surface area contributed by atoms with Gasteiger partial charge >= 0.3 is 0 Å². The molecule has 2 nitrogen and oxygen atoms in total. The molecule has 3 aromatic rings. The first-order valence-corrected chi connectivity index (χ1v) is 8.80. The van der Waals surface area contributed by atoms with Gasteiger partial charge in [-0.2, -0.15) is 0 Å². The van der Waals surface area contributed by atoms with Gasteiger partial charge in [0.15, 0.2) is 5.78 Å². The summed E-state index contributed by atoms with van der Waals surface area (Å²) in [5, 5.41) is 0. The third-order valence-electron chi connectivity index (χ3n) is 4.98. The van der Waals surface area contributed by atoms with Crippen LogP contribution in [0.2, 0.25) is 0 Å². The maximum Gasteiger partial charge on any atom is 0.181 e. The Morgan fingerprint density at radius 3 is 1.96 bits per heavy atom. The second-order valence-corrected chi connectivity index (χ2v) is 6.44. The quantitative estimate of drug-likeness (QED) is 0.486. The predicted molar refractivity (Wildman–Crippen MR) is 102 cm³/mol. The van der Waals surface area contributed by atoms with E-state index < -0.39 is 0 Å². The molecular weight excluding hydrogens is 306 g/mol. The molecule has 1 fully saturated rings. The van der Waals surface area contributed by atoms with Crippen molar-refractivity contribution in [1.29, 1.82) is 0 Å². The first-order valence-electron chi connectivity index (χ1n) is 8.80. The van der Waals surface area contributed by atoms with Gasteiger partial charge in [-0.15, -0.1) is 0 Å². The lowest BCUT2D eigenvalue weighted by atomic mass is 9.99. The largest absolute Gasteiger partial charge is 0.292 e. The molecule has 0 saturated carbocycles. The summed E-state index contributed by atoms with van der Waals surface area (Å²) in [5.74, 6) is 0.218. The zero-order chi connectivity index (χ0) is 17.2. The first kappa shape index (κ1) is 15.8. The molecule has 0 spiro atoms. The van der Waals surface area contributed by atoms with E-state index in [0.717, 1.165) is 17.7 Å². The normalized spacial score (nSPS) is 21.7. The highest BCUT2D eigenvalue weighted by Crippen LogP contribution is 2.44. The molecule has 1 aliphatic heterocycles. The summed E-state index contributed by atoms with van der Waals surface area (Å²) in [5.41, 5.74) is 4.33. The minimum absolute atomic E-state index is 0.0324. The fourth-order valence-electron chi connectivity index (χ4n) is 3.62. The summed E-state index contributed by atoms with van der Waals surface area (Å²) in [6.07, 6.45) is 0. The summed E-state index contributed by atoms with van der Waals surface area (Å²) >= 11 is 0. The van der Waals surface area contributed by atoms with Crippen LogP contribution < -0.4 is 0 Å². The molecule has 1 heterocycles. The summed E-state index contributed by atoms with van der Waals surface area (Å²) in [7, 11) is 0. The van der Waals surface area contributed by atoms with Crippen molar-refractivity contribution in [2.75, 3.05) is 6.54 Å². The first-order chi connectivity index (χ1) is 12.3. The Bertz CT molecular complexity index is 856. The predicted octanol–water partition coefficient (Wildman–Crippen LogP) is 4.98. The molecule has 0 aromatic heterocycles. The van der Waals surface area contributed by atoms with Crippen LogP contribution in [0.1, 0.15) is 28.9 Å². The van der Waals surface area contributed by atoms with Crippen LogP contribution in [0, 0.1) is 0 Å². The van der Waals surface area contributed by atoms with Gasteiger partial charge in [0.1, 0.15) is 0 Å². The lowest BCUT2D eigenvalue weighted by Crippen LogP contribution is -2.13. The Morgan fingerprint density at radius 2 is 1.36 bits per heavy atom. The van der Waals surface area contributed by atoms with E-state index in [1.54, 1.807) is 0 Å². The number of rotatable bonds is 5. The fraction of sp³-hybridized carbons (Fsp3) is 0.174. The van der Waals surface area contributed by atoms with E-state index in [9.17, 15) is 4.79 Å². The second kappa shape index (κ2) is 6.66. The zero-order valence-corrected chi connectivity index (χ0v) is 14.3. The molecule has 124 valence electrons. The van der Waals surface area contributed by atoms with E-state index in [0.29, 0.717) is 0 Å². The lowest BCUT2D eigenvalue weighted by Gasteiger charge is -2.04. The fourth-order valence-corrected chi connectivity index (χ4v) is 3.62. The zero-order valence-electron chi connectivity index (χ0n) is 14.3. The van der Waals surface area contributed by atoms with Crippen molar-refractivity contribution >= 4 is 5.78 Å². The van der Waals surface area contributed by atoms with Crippen LogP contribution in [-0.2, 0) is 0 Å². The molecule has 3 atom stereocenters. The van der Waals surface area contributed by atoms with Crippen molar-refractivity contribution in [3.05, 3.63) is 96.1 Å². The monoisotopic (exact) mass is 327 g/mol. The molecule has 1 saturated heterocycles. The topological polar surface area (TPSA) is 20.1 Å². The maximum atomic E-state index is 13.0. The van der Waals surface area contributed by atoms with Crippen molar-refractivity contribution in [3.8, 4) is 11.1 Å². The number of benzene rings is 3. The highest BCUT2D eigenvalue weighted by atomic mass is 16.1. The van der Waals surface area contributed by atoms with Crippen LogP contribution in [0.25, 0.3) is 11.1 Å². The second-order valence-electron chi connectivity index (χ2n) is 6.44. The van der Waals surface area contributed by atoms with Crippen molar-refractivity contribution in [2.24, 2.45) is 0 Å². The molecule has 25 heavy (non-hydrogen) atoms. The maximum absolute atomic E-state index is 13.0. The van der Waals surface area contributed by atoms with Gasteiger partial charge in [0, 0.05) is 5.56 Å². The van der Waals surface area contributed by atoms with Crippen LogP contribution in [0.5, 0.6) is 0 Å². The van der Waals surface area contributed by atoms with Gasteiger partial charge in [0.05, 0.1) is 12.1 Å². The Morgan fingerprint density at radius 1 is 0.800 bits per heavy atom. The Labute approximate surface area is 148 Å². The lowest BCUT2D eigenvalue weighted by molar-refractivity contribution is 0.0974. The van der Waals surface area contributed by atoms with Gasteiger partial charge in [-0.25, -0.2) is 0 Å². The van der Waals surface area contributed by atoms with Gasteiger partial charge in [-0.05, 0) is 23.2 Å². The highest BCUT2D eigenvalue weighted by Gasteiger charge is 2.51. The standard InChI is InChI=1S/C23H21NO/c1-2-24-21(19-11-7-4-8-12-19)22(24)23(25)20-15-13-18(14-16-20)17-9-5-3-6-10-17/h3-16,21-22H,2H2,1H3. The average molecular weight is 327 g/mol. The highest BCUT2D eigenvalue weighted by molar-refractivity contribution is 6.03. The minimum Gasteiger partial charge on any atom is -0.292 e. The van der Waals surface area contributed by atoms with Crippen LogP contribution in [-0.4, -0.2) is 23.3 Å². The number of nitrogens with zero attached hydrogens (tertiary/aromatic N) is 1. The Kier molecular flexibility index (Phi) is 4.21. The number of likely N-dealkylation sites (N-methyl/N-ethyl adjacent to an activating group) is 1. The van der Waals surface area contributed by atoms with E-state index in [1.165, 1.54) is 11.1 Å². The van der Waals surface area contributed by atoms with Gasteiger partial charge < -0.3 is 0 Å². The summed E-state index contributed by atoms with van der Waals surface area (Å²) < 4.78 is 0. The Hall–Kier alpha value is -2.71. The molecular formula is C23H21NO. The number of ketones is 1. The molecule has 4 rings (SSSR count). The third-order valence-corrected chi connectivity index (χ3v) is 4.98. The molecule has 0 aliphatic carbocycles. The third kappa shape index (κ3) is 3.01. The summed E-state index contributed by atoms with van der Waals surface area (Å²) in [4.78, 5) is 15.2. The van der Waals surface area contributed by atoms with Crippen molar-refractivity contribution in [3.63, 3.8) is 0 Å². The molecule has 0 bridgehead atoms. The van der Waals surface area contributed by atoms with Crippen LogP contribution in [0.3, 0.4) is 0 Å². The van der Waals surface area contributed by atoms with Crippen LogP contribution in [0.15, 0.2) is 84.9 Å². The van der Waals surface area contributed by atoms with Crippen LogP contribution >= 0.6 is 0 Å². The summed E-state index contributed by atoms with van der Waals surface area (Å²) in [6, 6.07) is 28.7. The van der Waals surface area contributed by atoms with Crippen molar-refractivity contribution in [2.45, 2.75) is 19.0 Å². The molecule has 2 heteroatoms. The molecule has 3 unspecified atom stereocenters. The average Bonchev–Trinajstić information content (AvgIpc) is 3.43. The van der Waals surface area contributed by atoms with Crippen molar-refractivity contribution < 1.29 is 4.79 Å². The van der Waals surface area contributed by atoms with Gasteiger partial charge in [-0.3, -0.25) is 9.69 Å². The van der Waals surface area contributed by atoms with Gasteiger partial charge in [-0.1, -0.05) is 91.9 Å². The molecule has 3 aromatic carbocycles. The summed E-state index contributed by atoms with van der Waals surface area (Å²) in [6.45, 7) is 3.00. The minimum atomic E-state index is -0.0324. The number of carbonyl (C=O) groups excluding carboxylic acids is 1. The molecule has 0 N–H and O–H groups in total. The van der Waals surface area contributed by atoms with Crippen molar-refractivity contribution in [1.82, 2.24) is 4.90 Å². The van der Waals surface area contributed by atoms with E-state index in [2.05, 4.69) is 36.1 Å². The number of carbonyl (C=O) groups is 1. The molecule has 0 radical (unpaired) electrons. The van der Waals surface area contributed by atoms with Gasteiger partial charge in [0.25, 0.3) is 0 Å². The smallest absolute Gasteiger partial charge is 0.181 e. The van der Waals surface area contributed by atoms with E-state index >= 15 is 0 Å². The number of hydrogen-bond donors (Lipinski definition) is 0. The van der Waals surface area contributed by atoms with E-state index in [1.807, 2.05) is 60.7 Å². The molecule has 0 amide bonds. The Balaban J connectivity index is 1.55. The van der Waals surface area contributed by atoms with Gasteiger partial charge in [0.2, 0.25) is 0 Å². The SMILES string of the molecule is CCN1C(C(=O)c2ccc(-c3ccccc3)cc2)C1c1ccccc1.